The third-order valence-corrected chi connectivity index (χ3v) is 6.32. The Balaban J connectivity index is 1.35. The van der Waals surface area contributed by atoms with E-state index in [1.165, 1.54) is 5.56 Å². The summed E-state index contributed by atoms with van der Waals surface area (Å²) >= 11 is 0. The fourth-order valence-electron chi connectivity index (χ4n) is 4.43. The zero-order chi connectivity index (χ0) is 22.3. The number of hydrogen-bond donors (Lipinski definition) is 1. The summed E-state index contributed by atoms with van der Waals surface area (Å²) in [5.74, 6) is 2.96. The number of benzene rings is 1. The predicted octanol–water partition coefficient (Wildman–Crippen LogP) is 1.74. The summed E-state index contributed by atoms with van der Waals surface area (Å²) in [5.41, 5.74) is 2.37. The number of nitrogens with one attached hydrogen (secondary N) is 1. The molecule has 3 heterocycles. The van der Waals surface area contributed by atoms with Gasteiger partial charge in [-0.2, -0.15) is 0 Å². The van der Waals surface area contributed by atoms with Crippen LogP contribution >= 0.6 is 0 Å². The van der Waals surface area contributed by atoms with Crippen molar-refractivity contribution in [1.82, 2.24) is 20.1 Å². The van der Waals surface area contributed by atoms with E-state index < -0.39 is 0 Å². The van der Waals surface area contributed by atoms with Crippen molar-refractivity contribution in [3.05, 3.63) is 48.2 Å². The van der Waals surface area contributed by atoms with Crippen LogP contribution in [0.15, 0.2) is 47.6 Å². The Bertz CT molecular complexity index is 903. The van der Waals surface area contributed by atoms with Gasteiger partial charge in [0.05, 0.1) is 12.8 Å². The third-order valence-electron chi connectivity index (χ3n) is 6.32. The Hall–Kier alpha value is -3.00. The van der Waals surface area contributed by atoms with E-state index in [2.05, 4.69) is 55.2 Å². The van der Waals surface area contributed by atoms with Crippen LogP contribution in [0.2, 0.25) is 0 Å². The molecule has 0 bridgehead atoms. The molecule has 0 saturated carbocycles. The molecule has 2 aliphatic heterocycles. The minimum Gasteiger partial charge on any atom is -0.495 e. The van der Waals surface area contributed by atoms with Gasteiger partial charge in [-0.1, -0.05) is 18.2 Å². The van der Waals surface area contributed by atoms with Crippen LogP contribution in [0, 0.1) is 0 Å². The fraction of sp³-hybridized carbons (Fsp3) is 0.500. The molecule has 0 aliphatic carbocycles. The standard InChI is InChI=1S/C24H35N7O/c1-25-24(31-17-15-29(16-18-31)21-8-4-5-9-22(21)32-3)27-19-20-7-6-10-26-23(20)30-13-11-28(2)12-14-30/h4-10H,11-19H2,1-3H3,(H,25,27). The lowest BCUT2D eigenvalue weighted by atomic mass is 10.2. The molecule has 2 aliphatic rings. The van der Waals surface area contributed by atoms with Crippen LogP contribution < -0.4 is 19.9 Å². The molecule has 1 aromatic heterocycles. The topological polar surface area (TPSA) is 59.5 Å². The lowest BCUT2D eigenvalue weighted by Crippen LogP contribution is -2.52. The van der Waals surface area contributed by atoms with Crippen LogP contribution in [0.5, 0.6) is 5.75 Å². The Morgan fingerprint density at radius 2 is 1.69 bits per heavy atom. The van der Waals surface area contributed by atoms with E-state index in [0.717, 1.165) is 82.1 Å². The quantitative estimate of drug-likeness (QED) is 0.565. The molecule has 4 rings (SSSR count). The van der Waals surface area contributed by atoms with E-state index >= 15 is 0 Å². The second-order valence-electron chi connectivity index (χ2n) is 8.32. The molecule has 8 nitrogen and oxygen atoms in total. The maximum Gasteiger partial charge on any atom is 0.194 e. The highest BCUT2D eigenvalue weighted by Gasteiger charge is 2.22. The summed E-state index contributed by atoms with van der Waals surface area (Å²) < 4.78 is 5.54. The maximum atomic E-state index is 5.54. The maximum absolute atomic E-state index is 5.54. The first-order valence-corrected chi connectivity index (χ1v) is 11.4. The lowest BCUT2D eigenvalue weighted by molar-refractivity contribution is 0.311. The molecule has 0 amide bonds. The van der Waals surface area contributed by atoms with E-state index in [-0.39, 0.29) is 0 Å². The van der Waals surface area contributed by atoms with E-state index in [1.54, 1.807) is 7.11 Å². The molecule has 0 atom stereocenters. The Morgan fingerprint density at radius 1 is 0.969 bits per heavy atom. The number of rotatable bonds is 5. The number of nitrogens with zero attached hydrogens (tertiary/aromatic N) is 6. The monoisotopic (exact) mass is 437 g/mol. The Kier molecular flexibility index (Phi) is 7.32. The Morgan fingerprint density at radius 3 is 2.41 bits per heavy atom. The first-order chi connectivity index (χ1) is 15.7. The summed E-state index contributed by atoms with van der Waals surface area (Å²) in [6.07, 6.45) is 1.89. The van der Waals surface area contributed by atoms with Gasteiger partial charge in [0.25, 0.3) is 0 Å². The second kappa shape index (κ2) is 10.5. The largest absolute Gasteiger partial charge is 0.495 e. The lowest BCUT2D eigenvalue weighted by Gasteiger charge is -2.38. The number of hydrogen-bond acceptors (Lipinski definition) is 6. The highest BCUT2D eigenvalue weighted by molar-refractivity contribution is 5.80. The van der Waals surface area contributed by atoms with Crippen molar-refractivity contribution in [2.75, 3.05) is 83.4 Å². The molecular weight excluding hydrogens is 402 g/mol. The van der Waals surface area contributed by atoms with Crippen molar-refractivity contribution in [2.24, 2.45) is 4.99 Å². The van der Waals surface area contributed by atoms with Gasteiger partial charge in [-0.15, -0.1) is 0 Å². The molecule has 8 heteroatoms. The molecule has 0 radical (unpaired) electrons. The zero-order valence-electron chi connectivity index (χ0n) is 19.5. The highest BCUT2D eigenvalue weighted by Crippen LogP contribution is 2.28. The minimum atomic E-state index is 0.717. The number of para-hydroxylation sites is 2. The van der Waals surface area contributed by atoms with E-state index in [9.17, 15) is 0 Å². The molecule has 0 spiro atoms. The fourth-order valence-corrected chi connectivity index (χ4v) is 4.43. The number of pyridine rings is 1. The van der Waals surface area contributed by atoms with Gasteiger partial charge < -0.3 is 29.7 Å². The number of anilines is 2. The van der Waals surface area contributed by atoms with E-state index in [0.29, 0.717) is 0 Å². The average Bonchev–Trinajstić information content (AvgIpc) is 2.85. The molecule has 172 valence electrons. The van der Waals surface area contributed by atoms with Crippen LogP contribution in [0.1, 0.15) is 5.56 Å². The van der Waals surface area contributed by atoms with Crippen molar-refractivity contribution in [3.8, 4) is 5.75 Å². The van der Waals surface area contributed by atoms with Crippen LogP contribution in [-0.2, 0) is 6.54 Å². The van der Waals surface area contributed by atoms with Crippen LogP contribution in [0.25, 0.3) is 0 Å². The summed E-state index contributed by atoms with van der Waals surface area (Å²) in [5, 5.41) is 3.58. The zero-order valence-corrected chi connectivity index (χ0v) is 19.5. The number of likely N-dealkylation sites (N-methyl/N-ethyl adjacent to an activating group) is 1. The molecule has 1 N–H and O–H groups in total. The SMILES string of the molecule is CN=C(NCc1cccnc1N1CCN(C)CC1)N1CCN(c2ccccc2OC)CC1. The second-order valence-corrected chi connectivity index (χ2v) is 8.32. The van der Waals surface area contributed by atoms with Gasteiger partial charge in [0, 0.05) is 77.7 Å². The normalized spacial score (nSPS) is 18.1. The number of methoxy groups -OCH3 is 1. The molecule has 2 aromatic rings. The van der Waals surface area contributed by atoms with Gasteiger partial charge in [-0.05, 0) is 25.2 Å². The van der Waals surface area contributed by atoms with Gasteiger partial charge in [-0.3, -0.25) is 4.99 Å². The number of guanidine groups is 1. The predicted molar refractivity (Wildman–Crippen MR) is 131 cm³/mol. The molecule has 32 heavy (non-hydrogen) atoms. The molecule has 2 fully saturated rings. The van der Waals surface area contributed by atoms with Gasteiger partial charge in [0.1, 0.15) is 11.6 Å². The van der Waals surface area contributed by atoms with E-state index in [1.807, 2.05) is 31.4 Å². The first kappa shape index (κ1) is 22.2. The third kappa shape index (κ3) is 5.07. The van der Waals surface area contributed by atoms with Crippen molar-refractivity contribution < 1.29 is 4.74 Å². The van der Waals surface area contributed by atoms with Gasteiger partial charge >= 0.3 is 0 Å². The number of piperazine rings is 2. The van der Waals surface area contributed by atoms with Crippen molar-refractivity contribution in [3.63, 3.8) is 0 Å². The smallest absolute Gasteiger partial charge is 0.194 e. The first-order valence-electron chi connectivity index (χ1n) is 11.4. The highest BCUT2D eigenvalue weighted by atomic mass is 16.5. The molecule has 1 aromatic carbocycles. The molecular formula is C24H35N7O. The number of aromatic nitrogens is 1. The van der Waals surface area contributed by atoms with Crippen LogP contribution in [0.3, 0.4) is 0 Å². The average molecular weight is 438 g/mol. The summed E-state index contributed by atoms with van der Waals surface area (Å²) in [7, 11) is 5.77. The minimum absolute atomic E-state index is 0.717. The van der Waals surface area contributed by atoms with Crippen molar-refractivity contribution >= 4 is 17.5 Å². The van der Waals surface area contributed by atoms with Gasteiger partial charge in [-0.25, -0.2) is 4.98 Å². The van der Waals surface area contributed by atoms with Crippen molar-refractivity contribution in [1.29, 1.82) is 0 Å². The summed E-state index contributed by atoms with van der Waals surface area (Å²) in [6, 6.07) is 12.4. The number of ether oxygens (including phenoxy) is 1. The summed E-state index contributed by atoms with van der Waals surface area (Å²) in [4.78, 5) is 18.7. The van der Waals surface area contributed by atoms with Gasteiger partial charge in [0.2, 0.25) is 0 Å². The number of aliphatic imine (C=N–C) groups is 1. The molecule has 2 saturated heterocycles. The van der Waals surface area contributed by atoms with Gasteiger partial charge in [0.15, 0.2) is 5.96 Å². The molecule has 0 unspecified atom stereocenters. The Labute approximate surface area is 191 Å². The van der Waals surface area contributed by atoms with Crippen molar-refractivity contribution in [2.45, 2.75) is 6.54 Å². The van der Waals surface area contributed by atoms with Crippen LogP contribution in [-0.4, -0.2) is 94.3 Å². The van der Waals surface area contributed by atoms with E-state index in [4.69, 9.17) is 9.72 Å². The van der Waals surface area contributed by atoms with Crippen LogP contribution in [0.4, 0.5) is 11.5 Å². The summed E-state index contributed by atoms with van der Waals surface area (Å²) in [6.45, 7) is 8.57.